The van der Waals surface area contributed by atoms with Gasteiger partial charge in [-0.05, 0) is 53.9 Å². The number of carbonyl (C=O) groups excluding carboxylic acids is 1. The Morgan fingerprint density at radius 1 is 1.45 bits per heavy atom. The molecule has 1 aromatic heterocycles. The minimum atomic E-state index is -0.627. The Labute approximate surface area is 142 Å². The number of ether oxygens (including phenoxy) is 1. The van der Waals surface area contributed by atoms with E-state index in [0.717, 1.165) is 27.9 Å². The van der Waals surface area contributed by atoms with E-state index in [-0.39, 0.29) is 5.91 Å². The number of rotatable bonds is 6. The molecule has 0 saturated carbocycles. The number of amides is 1. The number of hydrogen-bond acceptors (Lipinski definition) is 5. The number of aromatic nitrogens is 2. The van der Waals surface area contributed by atoms with E-state index in [1.54, 1.807) is 6.92 Å². The molecule has 0 spiro atoms. The van der Waals surface area contributed by atoms with E-state index in [1.165, 1.54) is 11.3 Å². The molecule has 0 aliphatic carbocycles. The number of nitrogens with zero attached hydrogens (tertiary/aromatic N) is 2. The van der Waals surface area contributed by atoms with Crippen LogP contribution in [0, 0.1) is 6.92 Å². The Balaban J connectivity index is 1.96. The Bertz CT molecular complexity index is 660. The summed E-state index contributed by atoms with van der Waals surface area (Å²) in [4.78, 5) is 12.1. The second kappa shape index (κ2) is 7.69. The summed E-state index contributed by atoms with van der Waals surface area (Å²) in [7, 11) is 0. The average Bonchev–Trinajstić information content (AvgIpc) is 2.89. The molecule has 1 unspecified atom stereocenters. The maximum Gasteiger partial charge on any atom is 0.266 e. The fourth-order valence-electron chi connectivity index (χ4n) is 1.77. The molecule has 7 heteroatoms. The van der Waals surface area contributed by atoms with Crippen molar-refractivity contribution < 1.29 is 9.53 Å². The first kappa shape index (κ1) is 16.9. The number of aryl methyl sites for hydroxylation is 2. The van der Waals surface area contributed by atoms with Crippen LogP contribution in [0.15, 0.2) is 22.7 Å². The lowest BCUT2D eigenvalue weighted by Crippen LogP contribution is -2.30. The largest absolute Gasteiger partial charge is 0.480 e. The topological polar surface area (TPSA) is 64.1 Å². The van der Waals surface area contributed by atoms with Crippen molar-refractivity contribution in [3.05, 3.63) is 33.2 Å². The fraction of sp³-hybridized carbons (Fsp3) is 0.400. The van der Waals surface area contributed by atoms with Gasteiger partial charge in [0.15, 0.2) is 6.10 Å². The molecule has 1 heterocycles. The summed E-state index contributed by atoms with van der Waals surface area (Å²) in [5, 5.41) is 12.2. The zero-order valence-electron chi connectivity index (χ0n) is 12.7. The maximum atomic E-state index is 12.1. The van der Waals surface area contributed by atoms with Crippen LogP contribution in [0.4, 0.5) is 5.13 Å². The Kier molecular flexibility index (Phi) is 5.90. The Hall–Kier alpha value is -1.47. The molecule has 1 atom stereocenters. The molecule has 0 aliphatic rings. The van der Waals surface area contributed by atoms with E-state index in [4.69, 9.17) is 4.74 Å². The van der Waals surface area contributed by atoms with Gasteiger partial charge < -0.3 is 4.74 Å². The summed E-state index contributed by atoms with van der Waals surface area (Å²) in [5.74, 6) is 0.392. The van der Waals surface area contributed by atoms with Crippen LogP contribution in [-0.2, 0) is 11.2 Å². The summed E-state index contributed by atoms with van der Waals surface area (Å²) in [6.45, 7) is 5.78. The highest BCUT2D eigenvalue weighted by molar-refractivity contribution is 9.10. The molecule has 0 bridgehead atoms. The van der Waals surface area contributed by atoms with Gasteiger partial charge in [0, 0.05) is 6.42 Å². The van der Waals surface area contributed by atoms with Crippen molar-refractivity contribution in [1.82, 2.24) is 10.2 Å². The van der Waals surface area contributed by atoms with Crippen LogP contribution in [0.5, 0.6) is 5.75 Å². The third kappa shape index (κ3) is 4.51. The van der Waals surface area contributed by atoms with Crippen LogP contribution in [0.25, 0.3) is 0 Å². The number of anilines is 1. The summed E-state index contributed by atoms with van der Waals surface area (Å²) in [6, 6.07) is 5.72. The molecule has 2 aromatic rings. The lowest BCUT2D eigenvalue weighted by molar-refractivity contribution is -0.122. The minimum absolute atomic E-state index is 0.244. The van der Waals surface area contributed by atoms with Gasteiger partial charge in [-0.2, -0.15) is 0 Å². The van der Waals surface area contributed by atoms with Crippen molar-refractivity contribution in [3.8, 4) is 5.75 Å². The van der Waals surface area contributed by atoms with E-state index in [9.17, 15) is 4.79 Å². The molecule has 0 fully saturated rings. The third-order valence-electron chi connectivity index (χ3n) is 2.92. The highest BCUT2D eigenvalue weighted by atomic mass is 79.9. The fourth-order valence-corrected chi connectivity index (χ4v) is 3.20. The highest BCUT2D eigenvalue weighted by Gasteiger charge is 2.18. The molecule has 0 aliphatic heterocycles. The second-order valence-corrected chi connectivity index (χ2v) is 6.85. The van der Waals surface area contributed by atoms with Crippen LogP contribution >= 0.6 is 27.3 Å². The standard InChI is InChI=1S/C15H18BrN3O2S/c1-4-5-13-18-19-15(22-13)17-14(20)10(3)21-12-7-6-9(2)8-11(12)16/h6-8,10H,4-5H2,1-3H3,(H,17,19,20). The van der Waals surface area contributed by atoms with Crippen LogP contribution in [-0.4, -0.2) is 22.2 Å². The molecule has 5 nitrogen and oxygen atoms in total. The normalized spacial score (nSPS) is 12.0. The summed E-state index contributed by atoms with van der Waals surface area (Å²) in [5.41, 5.74) is 1.12. The van der Waals surface area contributed by atoms with Crippen molar-refractivity contribution in [2.45, 2.75) is 39.7 Å². The third-order valence-corrected chi connectivity index (χ3v) is 4.44. The van der Waals surface area contributed by atoms with Gasteiger partial charge in [-0.3, -0.25) is 10.1 Å². The molecular formula is C15H18BrN3O2S. The molecule has 22 heavy (non-hydrogen) atoms. The summed E-state index contributed by atoms with van der Waals surface area (Å²) < 4.78 is 6.51. The van der Waals surface area contributed by atoms with Gasteiger partial charge in [-0.15, -0.1) is 10.2 Å². The number of nitrogens with one attached hydrogen (secondary N) is 1. The second-order valence-electron chi connectivity index (χ2n) is 4.93. The number of halogens is 1. The minimum Gasteiger partial charge on any atom is -0.480 e. The zero-order chi connectivity index (χ0) is 16.1. The molecule has 2 rings (SSSR count). The van der Waals surface area contributed by atoms with Gasteiger partial charge in [0.25, 0.3) is 5.91 Å². The first-order chi connectivity index (χ1) is 10.5. The van der Waals surface area contributed by atoms with E-state index < -0.39 is 6.10 Å². The van der Waals surface area contributed by atoms with Crippen molar-refractivity contribution in [1.29, 1.82) is 0 Å². The van der Waals surface area contributed by atoms with E-state index in [0.29, 0.717) is 10.9 Å². The van der Waals surface area contributed by atoms with Gasteiger partial charge in [0.05, 0.1) is 4.47 Å². The smallest absolute Gasteiger partial charge is 0.266 e. The van der Waals surface area contributed by atoms with E-state index in [2.05, 4.69) is 38.4 Å². The molecule has 1 N–H and O–H groups in total. The molecule has 1 aromatic carbocycles. The molecule has 0 saturated heterocycles. The monoisotopic (exact) mass is 383 g/mol. The van der Waals surface area contributed by atoms with E-state index in [1.807, 2.05) is 25.1 Å². The predicted molar refractivity (Wildman–Crippen MR) is 91.5 cm³/mol. The molecular weight excluding hydrogens is 366 g/mol. The molecule has 1 amide bonds. The SMILES string of the molecule is CCCc1nnc(NC(=O)C(C)Oc2ccc(C)cc2Br)s1. The van der Waals surface area contributed by atoms with Gasteiger partial charge in [0.2, 0.25) is 5.13 Å². The average molecular weight is 384 g/mol. The Morgan fingerprint density at radius 3 is 2.91 bits per heavy atom. The predicted octanol–water partition coefficient (Wildman–Crippen LogP) is 3.97. The van der Waals surface area contributed by atoms with E-state index >= 15 is 0 Å². The maximum absolute atomic E-state index is 12.1. The zero-order valence-corrected chi connectivity index (χ0v) is 15.1. The molecule has 118 valence electrons. The number of benzene rings is 1. The summed E-state index contributed by atoms with van der Waals surface area (Å²) in [6.07, 6.45) is 1.25. The van der Waals surface area contributed by atoms with Gasteiger partial charge in [-0.25, -0.2) is 0 Å². The van der Waals surface area contributed by atoms with Crippen LogP contribution in [0.1, 0.15) is 30.8 Å². The molecule has 0 radical (unpaired) electrons. The van der Waals surface area contributed by atoms with Crippen LogP contribution in [0.2, 0.25) is 0 Å². The number of carbonyl (C=O) groups is 1. The first-order valence-corrected chi connectivity index (χ1v) is 8.66. The van der Waals surface area contributed by atoms with Crippen LogP contribution < -0.4 is 10.1 Å². The van der Waals surface area contributed by atoms with Gasteiger partial charge >= 0.3 is 0 Å². The van der Waals surface area contributed by atoms with Crippen LogP contribution in [0.3, 0.4) is 0 Å². The Morgan fingerprint density at radius 2 is 2.23 bits per heavy atom. The quantitative estimate of drug-likeness (QED) is 0.819. The van der Waals surface area contributed by atoms with Gasteiger partial charge in [0.1, 0.15) is 10.8 Å². The number of hydrogen-bond donors (Lipinski definition) is 1. The summed E-state index contributed by atoms with van der Waals surface area (Å²) >= 11 is 4.83. The van der Waals surface area contributed by atoms with Gasteiger partial charge in [-0.1, -0.05) is 24.3 Å². The highest BCUT2D eigenvalue weighted by Crippen LogP contribution is 2.27. The van der Waals surface area contributed by atoms with Crippen molar-refractivity contribution in [3.63, 3.8) is 0 Å². The van der Waals surface area contributed by atoms with Crippen molar-refractivity contribution in [2.24, 2.45) is 0 Å². The van der Waals surface area contributed by atoms with Crippen molar-refractivity contribution in [2.75, 3.05) is 5.32 Å². The van der Waals surface area contributed by atoms with Crippen molar-refractivity contribution >= 4 is 38.3 Å². The first-order valence-electron chi connectivity index (χ1n) is 7.05. The lowest BCUT2D eigenvalue weighted by atomic mass is 10.2. The lowest BCUT2D eigenvalue weighted by Gasteiger charge is -2.15.